The molecule has 0 spiro atoms. The number of hydrogen-bond donors (Lipinski definition) is 2. The maximum Gasteiger partial charge on any atom is 0.338 e. The molecule has 0 saturated carbocycles. The van der Waals surface area contributed by atoms with Gasteiger partial charge >= 0.3 is 11.9 Å². The molecule has 23 nitrogen and oxygen atoms in total. The second-order valence-corrected chi connectivity index (χ2v) is 27.7. The van der Waals surface area contributed by atoms with Crippen LogP contribution in [0.4, 0.5) is 8.78 Å². The number of halogens is 4. The zero-order valence-electron chi connectivity index (χ0n) is 57.9. The molecule has 4 aliphatic heterocycles. The van der Waals surface area contributed by atoms with Gasteiger partial charge < -0.3 is 35.2 Å². The first-order valence-corrected chi connectivity index (χ1v) is 34.6. The van der Waals surface area contributed by atoms with Crippen molar-refractivity contribution >= 4 is 93.6 Å². The van der Waals surface area contributed by atoms with Gasteiger partial charge in [-0.05, 0) is 191 Å². The van der Waals surface area contributed by atoms with E-state index in [0.717, 1.165) is 33.4 Å². The fraction of sp³-hybridized carbons (Fsp3) is 0.299. The first kappa shape index (κ1) is 74.2. The van der Waals surface area contributed by atoms with Crippen molar-refractivity contribution in [3.63, 3.8) is 0 Å². The van der Waals surface area contributed by atoms with Gasteiger partial charge in [-0.3, -0.25) is 28.8 Å². The van der Waals surface area contributed by atoms with Crippen LogP contribution in [0.15, 0.2) is 146 Å². The number of aromatic carboxylic acids is 1. The first-order valence-electron chi connectivity index (χ1n) is 33.8. The number of amides is 4. The average Bonchev–Trinajstić information content (AvgIpc) is 0.780. The number of Topliss-reactive ketones (excluding diaryl/α,β-unsaturated/α-hetero) is 2. The van der Waals surface area contributed by atoms with Gasteiger partial charge in [0.1, 0.15) is 30.3 Å². The van der Waals surface area contributed by atoms with Gasteiger partial charge in [0.15, 0.2) is 23.2 Å². The number of ketones is 2. The molecule has 104 heavy (non-hydrogen) atoms. The lowest BCUT2D eigenvalue weighted by Crippen LogP contribution is -2.44. The van der Waals surface area contributed by atoms with Crippen LogP contribution < -0.4 is 5.73 Å². The van der Waals surface area contributed by atoms with Crippen molar-refractivity contribution in [2.75, 3.05) is 39.3 Å². The highest BCUT2D eigenvalue weighted by molar-refractivity contribution is 6.31. The largest absolute Gasteiger partial charge is 0.478 e. The molecular formula is C77H75Cl2F2N13O10. The quantitative estimate of drug-likeness (QED) is 0.0596. The summed E-state index contributed by atoms with van der Waals surface area (Å²) < 4.78 is 38.7. The third-order valence-corrected chi connectivity index (χ3v) is 19.0. The van der Waals surface area contributed by atoms with Crippen molar-refractivity contribution in [1.29, 1.82) is 0 Å². The third kappa shape index (κ3) is 16.7. The van der Waals surface area contributed by atoms with Crippen LogP contribution in [-0.2, 0) is 59.2 Å². The third-order valence-electron chi connectivity index (χ3n) is 18.4. The zero-order valence-corrected chi connectivity index (χ0v) is 59.4. The minimum absolute atomic E-state index is 0.00465. The summed E-state index contributed by atoms with van der Waals surface area (Å²) in [6.07, 6.45) is 13.8. The molecule has 2 aromatic heterocycles. The summed E-state index contributed by atoms with van der Waals surface area (Å²) in [5.41, 5.74) is 14.8. The topological polar surface area (TPSA) is 292 Å². The Kier molecular flexibility index (Phi) is 22.9. The summed E-state index contributed by atoms with van der Waals surface area (Å²) in [7, 11) is 0. The number of carbonyl (C=O) groups is 8. The number of tetrazole rings is 2. The Labute approximate surface area is 608 Å². The highest BCUT2D eigenvalue weighted by atomic mass is 35.5. The number of fused-ring (bicyclic) bond motifs is 2. The minimum atomic E-state index is -1.08. The number of hydrogen-bond acceptors (Lipinski definition) is 16. The highest BCUT2D eigenvalue weighted by Gasteiger charge is 2.39. The second-order valence-electron chi connectivity index (χ2n) is 26.8. The Morgan fingerprint density at radius 1 is 0.587 bits per heavy atom. The van der Waals surface area contributed by atoms with E-state index in [9.17, 15) is 43.5 Å². The van der Waals surface area contributed by atoms with Crippen LogP contribution in [0.3, 0.4) is 0 Å². The molecule has 0 fully saturated rings. The summed E-state index contributed by atoms with van der Waals surface area (Å²) in [5, 5.41) is 31.2. The molecule has 0 radical (unpaired) electrons. The molecule has 8 aromatic rings. The summed E-state index contributed by atoms with van der Waals surface area (Å²) in [6, 6.07) is 27.4. The zero-order chi connectivity index (χ0) is 74.3. The standard InChI is InChI=1S/C41H42ClFN6O5.C36H33ClFN7O5/c1-25(2)39(52)47-20-17-27(18-21-47)29-7-6-8-31-30(29)19-22-48(36(51)16-13-32-34(49-24-44-45-46-49)15-14-33(42)37(32)43)38(31)35(50)23-26-9-11-28(12-10-26)40(53)54-41(3,4)5;1-21(39)35(48)43-16-13-23(14-17-43)25-3-2-4-27-26(25)15-18-44(34(27)31(46)19-22-5-7-24(8-6-22)36(49)50)32(47)12-9-28-30(45-20-40-41-42-45)11-10-29(37)33(28)38/h6-17,24-25,38H,18-23H2,1-5H3;2-13,20-21,34H,14-19,39H2,1H3,(H,49,50)/b16-13+;12-9+/t;21-,34?/m.0/s1. The number of nitrogens with zero attached hydrogens (tertiary/aromatic N) is 12. The Hall–Kier alpha value is -11.0. The first-order chi connectivity index (χ1) is 49.7. The molecule has 6 heterocycles. The van der Waals surface area contributed by atoms with E-state index in [1.165, 1.54) is 86.5 Å². The molecule has 536 valence electrons. The van der Waals surface area contributed by atoms with Gasteiger partial charge in [0.05, 0.1) is 38.6 Å². The number of ether oxygens (including phenoxy) is 1. The lowest BCUT2D eigenvalue weighted by molar-refractivity contribution is -0.136. The molecule has 3 atom stereocenters. The lowest BCUT2D eigenvalue weighted by atomic mass is 9.82. The molecule has 3 N–H and O–H groups in total. The number of esters is 1. The fourth-order valence-electron chi connectivity index (χ4n) is 13.3. The van der Waals surface area contributed by atoms with Gasteiger partial charge in [0, 0.05) is 81.3 Å². The van der Waals surface area contributed by atoms with Gasteiger partial charge in [0.2, 0.25) is 23.6 Å². The maximum absolute atomic E-state index is 15.4. The molecule has 2 unspecified atom stereocenters. The van der Waals surface area contributed by atoms with Crippen LogP contribution >= 0.6 is 23.2 Å². The molecule has 27 heteroatoms. The van der Waals surface area contributed by atoms with Crippen LogP contribution in [0.5, 0.6) is 0 Å². The fourth-order valence-corrected chi connectivity index (χ4v) is 13.6. The van der Waals surface area contributed by atoms with E-state index >= 15 is 8.78 Å². The van der Waals surface area contributed by atoms with E-state index in [2.05, 4.69) is 37.1 Å². The Bertz CT molecular complexity index is 4760. The summed E-state index contributed by atoms with van der Waals surface area (Å²) in [5.74, 6) is -4.70. The van der Waals surface area contributed by atoms with Crippen LogP contribution in [0.25, 0.3) is 34.7 Å². The Morgan fingerprint density at radius 2 is 1.02 bits per heavy atom. The number of carboxylic acid groups (broad SMARTS) is 1. The monoisotopic (exact) mass is 1450 g/mol. The molecule has 0 aliphatic carbocycles. The van der Waals surface area contributed by atoms with Gasteiger partial charge in [-0.15, -0.1) is 10.2 Å². The molecule has 0 bridgehead atoms. The summed E-state index contributed by atoms with van der Waals surface area (Å²) >= 11 is 12.2. The SMILES string of the molecule is CC(C)C(=O)N1CC=C(c2cccc3c2CCN(C(=O)/C=C/c2c(-n4cnnn4)ccc(Cl)c2F)C3C(=O)Cc2ccc(C(=O)OC(C)(C)C)cc2)CC1.C[C@H](N)C(=O)N1CC=C(c2cccc3c2CCN(C(=O)/C=C/c2c(-n4cnnn4)ccc(Cl)c2F)C3C(=O)Cc2ccc(C(=O)O)cc2)CC1. The van der Waals surface area contributed by atoms with Crippen molar-refractivity contribution < 1.29 is 57.0 Å². The number of carbonyl (C=O) groups excluding carboxylic acids is 7. The normalized spacial score (nSPS) is 16.3. The lowest BCUT2D eigenvalue weighted by Gasteiger charge is -2.37. The number of nitrogens with two attached hydrogens (primary N) is 1. The van der Waals surface area contributed by atoms with Crippen LogP contribution in [-0.4, -0.2) is 163 Å². The summed E-state index contributed by atoms with van der Waals surface area (Å²) in [6.45, 7) is 13.3. The van der Waals surface area contributed by atoms with Crippen molar-refractivity contribution in [1.82, 2.24) is 60.0 Å². The van der Waals surface area contributed by atoms with Crippen LogP contribution in [0.2, 0.25) is 10.0 Å². The molecule has 6 aromatic carbocycles. The Balaban J connectivity index is 0.000000209. The van der Waals surface area contributed by atoms with E-state index in [-0.39, 0.29) is 93.3 Å². The number of aromatic nitrogens is 8. The molecule has 0 saturated heterocycles. The van der Waals surface area contributed by atoms with Gasteiger partial charge in [-0.1, -0.05) is 110 Å². The van der Waals surface area contributed by atoms with E-state index < -0.39 is 59.1 Å². The van der Waals surface area contributed by atoms with Crippen molar-refractivity contribution in [2.45, 2.75) is 104 Å². The predicted octanol–water partition coefficient (Wildman–Crippen LogP) is 10.7. The second kappa shape index (κ2) is 32.1. The predicted molar refractivity (Wildman–Crippen MR) is 385 cm³/mol. The van der Waals surface area contributed by atoms with Crippen molar-refractivity contribution in [3.05, 3.63) is 235 Å². The number of rotatable bonds is 18. The molecule has 4 amide bonds. The number of carboxylic acids is 1. The van der Waals surface area contributed by atoms with Crippen LogP contribution in [0, 0.1) is 17.6 Å². The van der Waals surface area contributed by atoms with E-state index in [1.807, 2.05) is 61.2 Å². The highest BCUT2D eigenvalue weighted by Crippen LogP contribution is 2.40. The van der Waals surface area contributed by atoms with Gasteiger partial charge in [-0.2, -0.15) is 9.36 Å². The smallest absolute Gasteiger partial charge is 0.338 e. The van der Waals surface area contributed by atoms with Gasteiger partial charge in [0.25, 0.3) is 0 Å². The maximum atomic E-state index is 15.4. The molecular weight excluding hydrogens is 1380 g/mol. The summed E-state index contributed by atoms with van der Waals surface area (Å²) in [4.78, 5) is 112. The van der Waals surface area contributed by atoms with E-state index in [4.69, 9.17) is 33.7 Å². The van der Waals surface area contributed by atoms with E-state index in [1.54, 1.807) is 75.1 Å². The van der Waals surface area contributed by atoms with Crippen molar-refractivity contribution in [2.24, 2.45) is 11.7 Å². The van der Waals surface area contributed by atoms with Crippen LogP contribution in [0.1, 0.15) is 143 Å². The average molecular weight is 1450 g/mol. The molecule has 12 rings (SSSR count). The van der Waals surface area contributed by atoms with Crippen molar-refractivity contribution in [3.8, 4) is 11.4 Å². The Morgan fingerprint density at radius 3 is 1.39 bits per heavy atom. The van der Waals surface area contributed by atoms with E-state index in [0.29, 0.717) is 79.7 Å². The number of benzene rings is 6. The molecule has 4 aliphatic rings. The minimum Gasteiger partial charge on any atom is -0.478 e. The van der Waals surface area contributed by atoms with Gasteiger partial charge in [-0.25, -0.2) is 18.4 Å².